The average molecular weight is 364 g/mol. The summed E-state index contributed by atoms with van der Waals surface area (Å²) >= 11 is 0. The van der Waals surface area contributed by atoms with Gasteiger partial charge in [-0.15, -0.1) is 0 Å². The molecule has 2 saturated heterocycles. The fraction of sp³-hybridized carbons (Fsp3) is 0.545. The lowest BCUT2D eigenvalue weighted by atomic mass is 9.81. The normalized spacial score (nSPS) is 27.7. The second-order valence-electron chi connectivity index (χ2n) is 8.38. The number of nitrogens with two attached hydrogens (primary N) is 1. The largest absolute Gasteiger partial charge is 0.368 e. The van der Waals surface area contributed by atoms with Gasteiger partial charge in [-0.25, -0.2) is 4.98 Å². The van der Waals surface area contributed by atoms with Crippen molar-refractivity contribution >= 4 is 11.8 Å². The van der Waals surface area contributed by atoms with E-state index < -0.39 is 0 Å². The van der Waals surface area contributed by atoms with E-state index in [9.17, 15) is 0 Å². The van der Waals surface area contributed by atoms with Crippen LogP contribution in [0.4, 0.5) is 11.8 Å². The summed E-state index contributed by atoms with van der Waals surface area (Å²) in [5.41, 5.74) is 10.3. The van der Waals surface area contributed by atoms with E-state index in [-0.39, 0.29) is 5.54 Å². The summed E-state index contributed by atoms with van der Waals surface area (Å²) in [6.07, 6.45) is 8.37. The fourth-order valence-electron chi connectivity index (χ4n) is 5.55. The molecular weight excluding hydrogens is 334 g/mol. The van der Waals surface area contributed by atoms with Crippen LogP contribution in [-0.2, 0) is 6.42 Å². The molecule has 27 heavy (non-hydrogen) atoms. The third kappa shape index (κ3) is 2.89. The molecule has 1 aromatic carbocycles. The van der Waals surface area contributed by atoms with E-state index in [1.807, 2.05) is 0 Å². The monoisotopic (exact) mass is 363 g/mol. The van der Waals surface area contributed by atoms with E-state index in [4.69, 9.17) is 15.7 Å². The second kappa shape index (κ2) is 6.79. The van der Waals surface area contributed by atoms with Crippen molar-refractivity contribution in [3.63, 3.8) is 0 Å². The molecule has 2 fully saturated rings. The molecule has 2 aromatic rings. The first-order valence-electron chi connectivity index (χ1n) is 10.5. The Morgan fingerprint density at radius 3 is 2.74 bits per heavy atom. The molecule has 3 heterocycles. The molecule has 0 bridgehead atoms. The number of nitrogens with one attached hydrogen (secondary N) is 1. The zero-order valence-electron chi connectivity index (χ0n) is 16.0. The Balaban J connectivity index is 1.60. The van der Waals surface area contributed by atoms with Gasteiger partial charge in [0.05, 0.1) is 11.2 Å². The van der Waals surface area contributed by atoms with Gasteiger partial charge in [0.1, 0.15) is 5.82 Å². The van der Waals surface area contributed by atoms with Gasteiger partial charge < -0.3 is 16.0 Å². The summed E-state index contributed by atoms with van der Waals surface area (Å²) in [7, 11) is 0. The maximum Gasteiger partial charge on any atom is 0.222 e. The fourth-order valence-corrected chi connectivity index (χ4v) is 5.55. The van der Waals surface area contributed by atoms with Crippen LogP contribution in [0.15, 0.2) is 30.3 Å². The third-order valence-corrected chi connectivity index (χ3v) is 6.79. The topological polar surface area (TPSA) is 67.1 Å². The number of nitrogen functional groups attached to an aromatic ring is 1. The van der Waals surface area contributed by atoms with Crippen LogP contribution in [0.3, 0.4) is 0 Å². The Morgan fingerprint density at radius 1 is 1.07 bits per heavy atom. The molecule has 5 heteroatoms. The first kappa shape index (κ1) is 17.0. The second-order valence-corrected chi connectivity index (χ2v) is 8.38. The number of benzene rings is 1. The van der Waals surface area contributed by atoms with Crippen LogP contribution in [0.5, 0.6) is 0 Å². The maximum absolute atomic E-state index is 6.24. The minimum Gasteiger partial charge on any atom is -0.368 e. The van der Waals surface area contributed by atoms with Gasteiger partial charge in [-0.3, -0.25) is 0 Å². The third-order valence-electron chi connectivity index (χ3n) is 6.79. The zero-order chi connectivity index (χ0) is 18.3. The van der Waals surface area contributed by atoms with Gasteiger partial charge in [0, 0.05) is 24.6 Å². The Labute approximate surface area is 161 Å². The number of hydrogen-bond acceptors (Lipinski definition) is 5. The molecule has 3 aliphatic rings. The molecular formula is C22H29N5. The van der Waals surface area contributed by atoms with Crippen molar-refractivity contribution in [2.75, 3.05) is 30.3 Å². The highest BCUT2D eigenvalue weighted by Crippen LogP contribution is 2.44. The summed E-state index contributed by atoms with van der Waals surface area (Å²) < 4.78 is 0. The van der Waals surface area contributed by atoms with Gasteiger partial charge in [-0.1, -0.05) is 30.3 Å². The van der Waals surface area contributed by atoms with Gasteiger partial charge in [0.25, 0.3) is 0 Å². The van der Waals surface area contributed by atoms with Crippen molar-refractivity contribution in [1.82, 2.24) is 15.3 Å². The number of aromatic nitrogens is 2. The van der Waals surface area contributed by atoms with E-state index in [2.05, 4.69) is 40.5 Å². The lowest BCUT2D eigenvalue weighted by Crippen LogP contribution is -2.55. The van der Waals surface area contributed by atoms with Gasteiger partial charge in [0.15, 0.2) is 0 Å². The van der Waals surface area contributed by atoms with Crippen LogP contribution in [-0.4, -0.2) is 35.1 Å². The van der Waals surface area contributed by atoms with Crippen LogP contribution >= 0.6 is 0 Å². The SMILES string of the molecule is Nc1nc2c(c(N3CCCC34CCCNC4)n1)CCCC2c1ccccc1. The van der Waals surface area contributed by atoms with Crippen LogP contribution in [0.25, 0.3) is 0 Å². The molecule has 5 nitrogen and oxygen atoms in total. The number of anilines is 2. The van der Waals surface area contributed by atoms with Crippen molar-refractivity contribution in [3.8, 4) is 0 Å². The number of hydrogen-bond donors (Lipinski definition) is 2. The van der Waals surface area contributed by atoms with Crippen molar-refractivity contribution in [1.29, 1.82) is 0 Å². The average Bonchev–Trinajstić information content (AvgIpc) is 3.10. The maximum atomic E-state index is 6.24. The summed E-state index contributed by atoms with van der Waals surface area (Å²) in [5.74, 6) is 1.89. The van der Waals surface area contributed by atoms with Crippen molar-refractivity contribution in [2.24, 2.45) is 0 Å². The van der Waals surface area contributed by atoms with Crippen LogP contribution in [0.1, 0.15) is 61.3 Å². The highest BCUT2D eigenvalue weighted by Gasteiger charge is 2.44. The van der Waals surface area contributed by atoms with Gasteiger partial charge in [-0.05, 0) is 57.1 Å². The van der Waals surface area contributed by atoms with Crippen LogP contribution < -0.4 is 16.0 Å². The predicted octanol–water partition coefficient (Wildman–Crippen LogP) is 3.25. The van der Waals surface area contributed by atoms with Crippen LogP contribution in [0.2, 0.25) is 0 Å². The molecule has 2 aliphatic heterocycles. The summed E-state index contributed by atoms with van der Waals surface area (Å²) in [6.45, 7) is 3.28. The van der Waals surface area contributed by atoms with Crippen molar-refractivity contribution < 1.29 is 0 Å². The molecule has 1 aromatic heterocycles. The van der Waals surface area contributed by atoms with Crippen LogP contribution in [0, 0.1) is 0 Å². The summed E-state index contributed by atoms with van der Waals surface area (Å²) in [6, 6.07) is 10.8. The van der Waals surface area contributed by atoms with Crippen molar-refractivity contribution in [2.45, 2.75) is 56.4 Å². The molecule has 1 spiro atoms. The van der Waals surface area contributed by atoms with Gasteiger partial charge >= 0.3 is 0 Å². The Hall–Kier alpha value is -2.14. The zero-order valence-corrected chi connectivity index (χ0v) is 16.0. The van der Waals surface area contributed by atoms with Gasteiger partial charge in [-0.2, -0.15) is 4.98 Å². The first-order valence-corrected chi connectivity index (χ1v) is 10.5. The quantitative estimate of drug-likeness (QED) is 0.857. The number of fused-ring (bicyclic) bond motifs is 1. The van der Waals surface area contributed by atoms with E-state index in [1.54, 1.807) is 0 Å². The van der Waals surface area contributed by atoms with Crippen molar-refractivity contribution in [3.05, 3.63) is 47.2 Å². The standard InChI is InChI=1S/C22H29N5/c23-21-25-19-17(16-7-2-1-3-8-16)9-4-10-18(19)20(26-21)27-14-6-12-22(27)11-5-13-24-15-22/h1-3,7-8,17,24H,4-6,9-15H2,(H2,23,25,26). The predicted molar refractivity (Wildman–Crippen MR) is 109 cm³/mol. The van der Waals surface area contributed by atoms with E-state index >= 15 is 0 Å². The molecule has 0 saturated carbocycles. The van der Waals surface area contributed by atoms with E-state index in [1.165, 1.54) is 48.9 Å². The molecule has 0 amide bonds. The Bertz CT molecular complexity index is 813. The minimum absolute atomic E-state index is 0.215. The first-order chi connectivity index (χ1) is 13.3. The molecule has 3 N–H and O–H groups in total. The van der Waals surface area contributed by atoms with E-state index in [0.717, 1.165) is 38.3 Å². The molecule has 2 unspecified atom stereocenters. The molecule has 0 radical (unpaired) electrons. The number of nitrogens with zero attached hydrogens (tertiary/aromatic N) is 3. The summed E-state index contributed by atoms with van der Waals surface area (Å²) in [5, 5.41) is 3.63. The lowest BCUT2D eigenvalue weighted by Gasteiger charge is -2.44. The smallest absolute Gasteiger partial charge is 0.222 e. The molecule has 2 atom stereocenters. The highest BCUT2D eigenvalue weighted by molar-refractivity contribution is 5.58. The Kier molecular flexibility index (Phi) is 4.27. The molecule has 1 aliphatic carbocycles. The molecule has 142 valence electrons. The van der Waals surface area contributed by atoms with E-state index in [0.29, 0.717) is 11.9 Å². The minimum atomic E-state index is 0.215. The van der Waals surface area contributed by atoms with Gasteiger partial charge in [0.2, 0.25) is 5.95 Å². The lowest BCUT2D eigenvalue weighted by molar-refractivity contribution is 0.314. The highest BCUT2D eigenvalue weighted by atomic mass is 15.3. The molecule has 5 rings (SSSR count). The number of piperidine rings is 1. The number of rotatable bonds is 2. The summed E-state index contributed by atoms with van der Waals surface area (Å²) in [4.78, 5) is 12.2. The Morgan fingerprint density at radius 2 is 1.93 bits per heavy atom.